The SMILES string of the molecule is CC/C=C(/N)c1c(N)ncnc1N1CCC(c2nc(-c3ccc(F)c(C(F)(F)P)c3)cn2CCNCCOC)CC1. The number of hydrogen-bond donors (Lipinski definition) is 3. The third-order valence-electron chi connectivity index (χ3n) is 7.17. The molecular formula is C28H38F3N8OP. The first-order valence-corrected chi connectivity index (χ1v) is 14.3. The van der Waals surface area contributed by atoms with Crippen LogP contribution in [0.25, 0.3) is 17.0 Å². The van der Waals surface area contributed by atoms with Crippen molar-refractivity contribution in [2.45, 2.75) is 44.3 Å². The van der Waals surface area contributed by atoms with Crippen molar-refractivity contribution in [3.05, 3.63) is 59.6 Å². The third-order valence-corrected chi connectivity index (χ3v) is 7.48. The molecule has 1 unspecified atom stereocenters. The molecule has 4 rings (SSSR count). The van der Waals surface area contributed by atoms with Crippen LogP contribution in [-0.4, -0.2) is 59.4 Å². The minimum absolute atomic E-state index is 0.119. The standard InChI is InChI=1S/C28H38F3N8OP/c1-3-4-22(32)24-25(33)35-17-36-27(24)38-11-7-18(8-12-38)26-37-23(16-39(26)13-9-34-10-14-40-2)19-5-6-21(29)20(15-19)28(30,31)41/h4-6,15-18,34H,3,7-14,32,41H2,1-2H3,(H2,33,35,36)/b22-4+. The topological polar surface area (TPSA) is 120 Å². The largest absolute Gasteiger partial charge is 0.398 e. The van der Waals surface area contributed by atoms with E-state index in [1.807, 2.05) is 19.2 Å². The van der Waals surface area contributed by atoms with Crippen molar-refractivity contribution < 1.29 is 17.9 Å². The van der Waals surface area contributed by atoms with Gasteiger partial charge in [0.1, 0.15) is 29.6 Å². The minimum Gasteiger partial charge on any atom is -0.398 e. The quantitative estimate of drug-likeness (QED) is 0.211. The van der Waals surface area contributed by atoms with Gasteiger partial charge in [0.15, 0.2) is 0 Å². The van der Waals surface area contributed by atoms with Gasteiger partial charge in [0.2, 0.25) is 0 Å². The lowest BCUT2D eigenvalue weighted by molar-refractivity contribution is 0.0993. The highest BCUT2D eigenvalue weighted by Crippen LogP contribution is 2.39. The maximum absolute atomic E-state index is 14.2. The van der Waals surface area contributed by atoms with E-state index >= 15 is 0 Å². The molecule has 2 aromatic heterocycles. The van der Waals surface area contributed by atoms with Crippen LogP contribution in [-0.2, 0) is 16.9 Å². The fourth-order valence-corrected chi connectivity index (χ4v) is 5.31. The Balaban J connectivity index is 1.59. The van der Waals surface area contributed by atoms with Crippen molar-refractivity contribution in [3.63, 3.8) is 0 Å². The van der Waals surface area contributed by atoms with E-state index in [2.05, 4.69) is 24.8 Å². The summed E-state index contributed by atoms with van der Waals surface area (Å²) in [5.41, 5.74) is 10.6. The lowest BCUT2D eigenvalue weighted by Gasteiger charge is -2.34. The molecule has 9 nitrogen and oxygen atoms in total. The molecule has 0 aliphatic carbocycles. The molecule has 0 bridgehead atoms. The fourth-order valence-electron chi connectivity index (χ4n) is 5.09. The van der Waals surface area contributed by atoms with E-state index < -0.39 is 17.0 Å². The molecule has 1 atom stereocenters. The second kappa shape index (κ2) is 13.6. The molecule has 13 heteroatoms. The Morgan fingerprint density at radius 2 is 2.00 bits per heavy atom. The summed E-state index contributed by atoms with van der Waals surface area (Å²) in [5, 5.41) is 3.33. The number of imidazole rings is 1. The second-order valence-electron chi connectivity index (χ2n) is 10.0. The van der Waals surface area contributed by atoms with E-state index in [0.717, 1.165) is 31.2 Å². The summed E-state index contributed by atoms with van der Waals surface area (Å²) in [6, 6.07) is 3.73. The lowest BCUT2D eigenvalue weighted by Crippen LogP contribution is -2.35. The summed E-state index contributed by atoms with van der Waals surface area (Å²) < 4.78 is 49.4. The maximum atomic E-state index is 14.2. The number of nitrogens with two attached hydrogens (primary N) is 2. The number of nitrogen functional groups attached to an aromatic ring is 1. The van der Waals surface area contributed by atoms with Crippen LogP contribution in [0.15, 0.2) is 36.8 Å². The van der Waals surface area contributed by atoms with Crippen LogP contribution in [0.1, 0.15) is 49.1 Å². The zero-order valence-electron chi connectivity index (χ0n) is 23.4. The van der Waals surface area contributed by atoms with Gasteiger partial charge in [-0.1, -0.05) is 22.2 Å². The normalized spacial score (nSPS) is 15.1. The number of hydrogen-bond acceptors (Lipinski definition) is 8. The number of halogens is 3. The van der Waals surface area contributed by atoms with Gasteiger partial charge >= 0.3 is 0 Å². The Morgan fingerprint density at radius 3 is 2.68 bits per heavy atom. The molecule has 1 saturated heterocycles. The summed E-state index contributed by atoms with van der Waals surface area (Å²) in [6.07, 6.45) is 7.54. The first-order valence-electron chi connectivity index (χ1n) is 13.7. The van der Waals surface area contributed by atoms with Crippen LogP contribution in [0.3, 0.4) is 0 Å². The first-order chi connectivity index (χ1) is 19.6. The Bertz CT molecular complexity index is 1350. The molecule has 41 heavy (non-hydrogen) atoms. The number of nitrogens with one attached hydrogen (secondary N) is 1. The van der Waals surface area contributed by atoms with Crippen LogP contribution in [0.4, 0.5) is 24.8 Å². The fraction of sp³-hybridized carbons (Fsp3) is 0.464. The van der Waals surface area contributed by atoms with Crippen LogP contribution in [0, 0.1) is 5.82 Å². The third kappa shape index (κ3) is 7.36. The average Bonchev–Trinajstić information content (AvgIpc) is 3.36. The van der Waals surface area contributed by atoms with Gasteiger partial charge < -0.3 is 31.0 Å². The number of anilines is 2. The van der Waals surface area contributed by atoms with Gasteiger partial charge in [-0.05, 0) is 37.5 Å². The number of benzene rings is 1. The number of nitrogens with zero attached hydrogens (tertiary/aromatic N) is 5. The van der Waals surface area contributed by atoms with Gasteiger partial charge in [-0.25, -0.2) is 19.3 Å². The maximum Gasteiger partial charge on any atom is 0.286 e. The van der Waals surface area contributed by atoms with Crippen molar-refractivity contribution >= 4 is 26.6 Å². The summed E-state index contributed by atoms with van der Waals surface area (Å²) in [6.45, 7) is 6.00. The number of alkyl halides is 2. The van der Waals surface area contributed by atoms with Gasteiger partial charge in [-0.15, -0.1) is 0 Å². The Morgan fingerprint density at radius 1 is 1.24 bits per heavy atom. The smallest absolute Gasteiger partial charge is 0.286 e. The first kappa shape index (κ1) is 30.7. The lowest BCUT2D eigenvalue weighted by atomic mass is 9.95. The molecule has 0 spiro atoms. The van der Waals surface area contributed by atoms with E-state index in [1.165, 1.54) is 27.7 Å². The van der Waals surface area contributed by atoms with Crippen LogP contribution in [0.5, 0.6) is 0 Å². The number of rotatable bonds is 12. The predicted molar refractivity (Wildman–Crippen MR) is 159 cm³/mol. The van der Waals surface area contributed by atoms with Gasteiger partial charge in [-0.2, -0.15) is 8.78 Å². The van der Waals surface area contributed by atoms with Crippen molar-refractivity contribution in [3.8, 4) is 11.3 Å². The molecule has 222 valence electrons. The summed E-state index contributed by atoms with van der Waals surface area (Å²) in [5.74, 6) is 1.08. The summed E-state index contributed by atoms with van der Waals surface area (Å²) in [4.78, 5) is 15.7. The molecule has 3 heterocycles. The Kier molecular flexibility index (Phi) is 10.2. The van der Waals surface area contributed by atoms with Crippen molar-refractivity contribution in [1.29, 1.82) is 0 Å². The van der Waals surface area contributed by atoms with Crippen LogP contribution >= 0.6 is 9.24 Å². The zero-order chi connectivity index (χ0) is 29.6. The monoisotopic (exact) mass is 590 g/mol. The minimum atomic E-state index is -3.39. The highest BCUT2D eigenvalue weighted by molar-refractivity contribution is 7.17. The van der Waals surface area contributed by atoms with E-state index in [1.54, 1.807) is 7.11 Å². The van der Waals surface area contributed by atoms with Crippen LogP contribution in [0.2, 0.25) is 0 Å². The Hall–Kier alpha value is -3.21. The number of piperidine rings is 1. The molecule has 5 N–H and O–H groups in total. The predicted octanol–water partition coefficient (Wildman–Crippen LogP) is 4.32. The Labute approximate surface area is 240 Å². The molecule has 1 fully saturated rings. The van der Waals surface area contributed by atoms with Gasteiger partial charge in [0, 0.05) is 63.2 Å². The number of methoxy groups -OCH3 is 1. The van der Waals surface area contributed by atoms with E-state index in [0.29, 0.717) is 73.5 Å². The molecule has 0 radical (unpaired) electrons. The van der Waals surface area contributed by atoms with Crippen molar-refractivity contribution in [1.82, 2.24) is 24.8 Å². The highest BCUT2D eigenvalue weighted by atomic mass is 31.0. The molecule has 0 amide bonds. The van der Waals surface area contributed by atoms with E-state index in [9.17, 15) is 13.2 Å². The van der Waals surface area contributed by atoms with Crippen molar-refractivity contribution in [2.75, 3.05) is 50.5 Å². The highest BCUT2D eigenvalue weighted by Gasteiger charge is 2.30. The summed E-state index contributed by atoms with van der Waals surface area (Å²) in [7, 11) is 3.05. The second-order valence-corrected chi connectivity index (χ2v) is 10.7. The summed E-state index contributed by atoms with van der Waals surface area (Å²) >= 11 is 0. The molecule has 1 aliphatic heterocycles. The molecule has 1 aliphatic rings. The van der Waals surface area contributed by atoms with Gasteiger partial charge in [-0.3, -0.25) is 0 Å². The molecular weight excluding hydrogens is 552 g/mol. The number of allylic oxidation sites excluding steroid dienone is 1. The van der Waals surface area contributed by atoms with E-state index in [-0.39, 0.29) is 5.92 Å². The van der Waals surface area contributed by atoms with Crippen molar-refractivity contribution in [2.24, 2.45) is 5.73 Å². The van der Waals surface area contributed by atoms with Crippen LogP contribution < -0.4 is 21.7 Å². The van der Waals surface area contributed by atoms with Gasteiger partial charge in [0.05, 0.1) is 23.4 Å². The zero-order valence-corrected chi connectivity index (χ0v) is 24.6. The molecule has 3 aromatic rings. The van der Waals surface area contributed by atoms with E-state index in [4.69, 9.17) is 21.2 Å². The molecule has 0 saturated carbocycles. The number of aromatic nitrogens is 4. The van der Waals surface area contributed by atoms with Gasteiger partial charge in [0.25, 0.3) is 5.66 Å². The number of ether oxygens (including phenoxy) is 1. The molecule has 1 aromatic carbocycles. The average molecular weight is 591 g/mol.